The standard InChI is InChI=1S/C21H24N6O/c1-26(2)18-8-5-15(6-9-18)21(28)23-17-7-10-19-24-25-20(27(19)13-11-17)16-4-3-12-22-14-16/h3-6,8-9,12,14,17H,7,10-11,13H2,1-2H3,(H,23,28). The first-order valence-electron chi connectivity index (χ1n) is 9.52. The van der Waals surface area contributed by atoms with Gasteiger partial charge in [-0.25, -0.2) is 0 Å². The third kappa shape index (κ3) is 3.74. The first-order valence-corrected chi connectivity index (χ1v) is 9.52. The van der Waals surface area contributed by atoms with Crippen molar-refractivity contribution in [2.45, 2.75) is 31.8 Å². The Hall–Kier alpha value is -3.22. The third-order valence-corrected chi connectivity index (χ3v) is 5.15. The summed E-state index contributed by atoms with van der Waals surface area (Å²) in [6.07, 6.45) is 6.04. The molecule has 28 heavy (non-hydrogen) atoms. The summed E-state index contributed by atoms with van der Waals surface area (Å²) < 4.78 is 2.15. The van der Waals surface area contributed by atoms with E-state index in [0.717, 1.165) is 48.7 Å². The van der Waals surface area contributed by atoms with Crippen LogP contribution in [0.1, 0.15) is 29.0 Å². The van der Waals surface area contributed by atoms with Crippen LogP contribution in [-0.4, -0.2) is 45.8 Å². The number of rotatable bonds is 4. The lowest BCUT2D eigenvalue weighted by Gasteiger charge is -2.17. The van der Waals surface area contributed by atoms with Crippen molar-refractivity contribution in [1.82, 2.24) is 25.1 Å². The predicted octanol–water partition coefficient (Wildman–Crippen LogP) is 2.54. The molecule has 1 aliphatic heterocycles. The van der Waals surface area contributed by atoms with Gasteiger partial charge in [-0.3, -0.25) is 9.78 Å². The van der Waals surface area contributed by atoms with Crippen LogP contribution in [0.5, 0.6) is 0 Å². The number of aryl methyl sites for hydroxylation is 1. The Morgan fingerprint density at radius 3 is 2.68 bits per heavy atom. The van der Waals surface area contributed by atoms with Crippen LogP contribution in [0.4, 0.5) is 5.69 Å². The average Bonchev–Trinajstić information content (AvgIpc) is 3.03. The smallest absolute Gasteiger partial charge is 0.251 e. The van der Waals surface area contributed by atoms with Gasteiger partial charge in [0, 0.05) is 62.3 Å². The van der Waals surface area contributed by atoms with Crippen molar-refractivity contribution in [3.63, 3.8) is 0 Å². The molecule has 0 saturated heterocycles. The lowest BCUT2D eigenvalue weighted by atomic mass is 10.1. The maximum Gasteiger partial charge on any atom is 0.251 e. The highest BCUT2D eigenvalue weighted by Gasteiger charge is 2.22. The highest BCUT2D eigenvalue weighted by molar-refractivity contribution is 5.94. The van der Waals surface area contributed by atoms with Gasteiger partial charge in [-0.15, -0.1) is 10.2 Å². The van der Waals surface area contributed by atoms with E-state index in [1.54, 1.807) is 12.4 Å². The number of carbonyl (C=O) groups excluding carboxylic acids is 1. The van der Waals surface area contributed by atoms with Crippen molar-refractivity contribution in [1.29, 1.82) is 0 Å². The van der Waals surface area contributed by atoms with Gasteiger partial charge >= 0.3 is 0 Å². The van der Waals surface area contributed by atoms with E-state index in [2.05, 4.69) is 25.1 Å². The number of nitrogens with zero attached hydrogens (tertiary/aromatic N) is 5. The number of benzene rings is 1. The summed E-state index contributed by atoms with van der Waals surface area (Å²) in [5.41, 5.74) is 2.72. The molecule has 1 aliphatic rings. The van der Waals surface area contributed by atoms with Gasteiger partial charge < -0.3 is 14.8 Å². The zero-order valence-corrected chi connectivity index (χ0v) is 16.2. The molecule has 0 fully saturated rings. The summed E-state index contributed by atoms with van der Waals surface area (Å²) in [5, 5.41) is 11.9. The Kier molecular flexibility index (Phi) is 5.06. The lowest BCUT2D eigenvalue weighted by Crippen LogP contribution is -2.35. The summed E-state index contributed by atoms with van der Waals surface area (Å²) in [6.45, 7) is 0.775. The topological polar surface area (TPSA) is 75.9 Å². The van der Waals surface area contributed by atoms with Gasteiger partial charge in [-0.1, -0.05) is 0 Å². The van der Waals surface area contributed by atoms with Gasteiger partial charge in [-0.05, 0) is 49.2 Å². The largest absolute Gasteiger partial charge is 0.378 e. The summed E-state index contributed by atoms with van der Waals surface area (Å²) in [7, 11) is 3.97. The van der Waals surface area contributed by atoms with Crippen molar-refractivity contribution >= 4 is 11.6 Å². The molecule has 0 aliphatic carbocycles. The monoisotopic (exact) mass is 376 g/mol. The highest BCUT2D eigenvalue weighted by Crippen LogP contribution is 2.22. The van der Waals surface area contributed by atoms with E-state index in [0.29, 0.717) is 5.56 Å². The molecule has 0 bridgehead atoms. The van der Waals surface area contributed by atoms with E-state index < -0.39 is 0 Å². The SMILES string of the molecule is CN(C)c1ccc(C(=O)NC2CCc3nnc(-c4cccnc4)n3CC2)cc1. The lowest BCUT2D eigenvalue weighted by molar-refractivity contribution is 0.0933. The normalized spacial score (nSPS) is 16.1. The fraction of sp³-hybridized carbons (Fsp3) is 0.333. The molecular weight excluding hydrogens is 352 g/mol. The van der Waals surface area contributed by atoms with Gasteiger partial charge in [0.15, 0.2) is 5.82 Å². The summed E-state index contributed by atoms with van der Waals surface area (Å²) in [4.78, 5) is 18.8. The Labute approximate surface area is 164 Å². The molecule has 2 aromatic heterocycles. The number of pyridine rings is 1. The third-order valence-electron chi connectivity index (χ3n) is 5.15. The minimum Gasteiger partial charge on any atom is -0.378 e. The number of hydrogen-bond acceptors (Lipinski definition) is 5. The second-order valence-electron chi connectivity index (χ2n) is 7.27. The molecule has 3 heterocycles. The van der Waals surface area contributed by atoms with Crippen LogP contribution in [0.15, 0.2) is 48.8 Å². The second-order valence-corrected chi connectivity index (χ2v) is 7.27. The first kappa shape index (κ1) is 18.2. The van der Waals surface area contributed by atoms with Crippen molar-refractivity contribution in [2.75, 3.05) is 19.0 Å². The zero-order valence-electron chi connectivity index (χ0n) is 16.2. The number of aromatic nitrogens is 4. The summed E-state index contributed by atoms with van der Waals surface area (Å²) in [6, 6.07) is 11.7. The van der Waals surface area contributed by atoms with Gasteiger partial charge in [-0.2, -0.15) is 0 Å². The number of carbonyl (C=O) groups is 1. The first-order chi connectivity index (χ1) is 13.6. The Morgan fingerprint density at radius 1 is 1.14 bits per heavy atom. The van der Waals surface area contributed by atoms with Crippen LogP contribution in [0, 0.1) is 0 Å². The zero-order chi connectivity index (χ0) is 19.5. The molecule has 1 unspecified atom stereocenters. The Balaban J connectivity index is 1.43. The van der Waals surface area contributed by atoms with Crippen LogP contribution in [0.25, 0.3) is 11.4 Å². The van der Waals surface area contributed by atoms with E-state index in [-0.39, 0.29) is 11.9 Å². The molecule has 1 aromatic carbocycles. The average molecular weight is 376 g/mol. The van der Waals surface area contributed by atoms with E-state index >= 15 is 0 Å². The Morgan fingerprint density at radius 2 is 1.96 bits per heavy atom. The van der Waals surface area contributed by atoms with Gasteiger partial charge in [0.2, 0.25) is 0 Å². The molecule has 0 saturated carbocycles. The number of nitrogens with one attached hydrogen (secondary N) is 1. The highest BCUT2D eigenvalue weighted by atomic mass is 16.1. The van der Waals surface area contributed by atoms with Gasteiger partial charge in [0.05, 0.1) is 0 Å². The van der Waals surface area contributed by atoms with Crippen molar-refractivity contribution in [3.05, 3.63) is 60.2 Å². The van der Waals surface area contributed by atoms with Crippen LogP contribution in [-0.2, 0) is 13.0 Å². The van der Waals surface area contributed by atoms with Crippen molar-refractivity contribution in [3.8, 4) is 11.4 Å². The van der Waals surface area contributed by atoms with E-state index in [1.165, 1.54) is 0 Å². The van der Waals surface area contributed by atoms with Gasteiger partial charge in [0.25, 0.3) is 5.91 Å². The van der Waals surface area contributed by atoms with Crippen LogP contribution in [0.3, 0.4) is 0 Å². The second kappa shape index (κ2) is 7.80. The molecule has 1 atom stereocenters. The molecule has 4 rings (SSSR count). The number of hydrogen-bond donors (Lipinski definition) is 1. The van der Waals surface area contributed by atoms with E-state index in [9.17, 15) is 4.79 Å². The van der Waals surface area contributed by atoms with Gasteiger partial charge in [0.1, 0.15) is 5.82 Å². The minimum absolute atomic E-state index is 0.0274. The van der Waals surface area contributed by atoms with E-state index in [1.807, 2.05) is 55.4 Å². The van der Waals surface area contributed by atoms with E-state index in [4.69, 9.17) is 0 Å². The molecule has 7 nitrogen and oxygen atoms in total. The molecule has 0 radical (unpaired) electrons. The quantitative estimate of drug-likeness (QED) is 0.757. The molecule has 3 aromatic rings. The number of amides is 1. The fourth-order valence-electron chi connectivity index (χ4n) is 3.52. The van der Waals surface area contributed by atoms with Crippen molar-refractivity contribution < 1.29 is 4.79 Å². The maximum absolute atomic E-state index is 12.6. The van der Waals surface area contributed by atoms with Crippen molar-refractivity contribution in [2.24, 2.45) is 0 Å². The molecule has 1 amide bonds. The molecular formula is C21H24N6O. The van der Waals surface area contributed by atoms with Crippen LogP contribution >= 0.6 is 0 Å². The number of fused-ring (bicyclic) bond motifs is 1. The Bertz CT molecular complexity index is 949. The molecule has 7 heteroatoms. The molecule has 1 N–H and O–H groups in total. The van der Waals surface area contributed by atoms with Crippen LogP contribution in [0.2, 0.25) is 0 Å². The fourth-order valence-corrected chi connectivity index (χ4v) is 3.52. The predicted molar refractivity (Wildman–Crippen MR) is 108 cm³/mol. The van der Waals surface area contributed by atoms with Crippen LogP contribution < -0.4 is 10.2 Å². The molecule has 144 valence electrons. The molecule has 0 spiro atoms. The summed E-state index contributed by atoms with van der Waals surface area (Å²) in [5.74, 6) is 1.78. The minimum atomic E-state index is -0.0274. The number of anilines is 1. The maximum atomic E-state index is 12.6. The summed E-state index contributed by atoms with van der Waals surface area (Å²) >= 11 is 0.